The fourth-order valence-corrected chi connectivity index (χ4v) is 4.17. The number of likely N-dealkylation sites (tertiary alicyclic amines) is 2. The van der Waals surface area contributed by atoms with Crippen LogP contribution in [0.2, 0.25) is 0 Å². The van der Waals surface area contributed by atoms with Gasteiger partial charge >= 0.3 is 0 Å². The molecule has 3 nitrogen and oxygen atoms in total. The van der Waals surface area contributed by atoms with Crippen molar-refractivity contribution in [3.8, 4) is 0 Å². The highest BCUT2D eigenvalue weighted by atomic mass is 15.3. The van der Waals surface area contributed by atoms with Crippen molar-refractivity contribution in [1.29, 1.82) is 0 Å². The minimum absolute atomic E-state index is 0.478. The summed E-state index contributed by atoms with van der Waals surface area (Å²) in [6.07, 6.45) is 8.26. The van der Waals surface area contributed by atoms with Crippen LogP contribution in [0.1, 0.15) is 52.4 Å². The lowest BCUT2D eigenvalue weighted by Crippen LogP contribution is -2.44. The second kappa shape index (κ2) is 7.77. The molecular formula is C17H35N3. The van der Waals surface area contributed by atoms with Crippen molar-refractivity contribution in [2.45, 2.75) is 58.4 Å². The smallest absolute Gasteiger partial charge is 0.0235 e. The van der Waals surface area contributed by atoms with Crippen molar-refractivity contribution >= 4 is 0 Å². The molecule has 0 bridgehead atoms. The highest BCUT2D eigenvalue weighted by Gasteiger charge is 2.33. The van der Waals surface area contributed by atoms with Gasteiger partial charge in [-0.3, -0.25) is 4.90 Å². The third-order valence-electron chi connectivity index (χ3n) is 5.77. The van der Waals surface area contributed by atoms with Crippen molar-refractivity contribution in [2.24, 2.45) is 5.41 Å². The Kier molecular flexibility index (Phi) is 6.31. The van der Waals surface area contributed by atoms with E-state index in [0.717, 1.165) is 12.6 Å². The summed E-state index contributed by atoms with van der Waals surface area (Å²) in [7, 11) is 2.10. The molecule has 0 amide bonds. The van der Waals surface area contributed by atoms with Gasteiger partial charge in [-0.15, -0.1) is 0 Å². The van der Waals surface area contributed by atoms with Gasteiger partial charge in [-0.2, -0.15) is 0 Å². The van der Waals surface area contributed by atoms with Crippen molar-refractivity contribution in [3.05, 3.63) is 0 Å². The van der Waals surface area contributed by atoms with Gasteiger partial charge in [0.05, 0.1) is 0 Å². The maximum absolute atomic E-state index is 3.42. The van der Waals surface area contributed by atoms with Gasteiger partial charge in [0.2, 0.25) is 0 Å². The van der Waals surface area contributed by atoms with Crippen LogP contribution >= 0.6 is 0 Å². The average molecular weight is 281 g/mol. The fraction of sp³-hybridized carbons (Fsp3) is 1.00. The van der Waals surface area contributed by atoms with E-state index in [1.54, 1.807) is 0 Å². The largest absolute Gasteiger partial charge is 0.319 e. The second-order valence-corrected chi connectivity index (χ2v) is 7.01. The van der Waals surface area contributed by atoms with Crippen LogP contribution in [0.5, 0.6) is 0 Å². The molecule has 0 saturated carbocycles. The van der Waals surface area contributed by atoms with Gasteiger partial charge in [0.15, 0.2) is 0 Å². The van der Waals surface area contributed by atoms with Crippen LogP contribution in [-0.2, 0) is 0 Å². The Morgan fingerprint density at radius 1 is 1.05 bits per heavy atom. The summed E-state index contributed by atoms with van der Waals surface area (Å²) in [5, 5.41) is 3.42. The molecule has 0 aliphatic carbocycles. The highest BCUT2D eigenvalue weighted by molar-refractivity contribution is 4.89. The Morgan fingerprint density at radius 3 is 2.35 bits per heavy atom. The lowest BCUT2D eigenvalue weighted by molar-refractivity contribution is 0.131. The van der Waals surface area contributed by atoms with Crippen LogP contribution in [0.3, 0.4) is 0 Å². The molecule has 1 unspecified atom stereocenters. The summed E-state index contributed by atoms with van der Waals surface area (Å²) in [6, 6.07) is 0.844. The molecule has 1 N–H and O–H groups in total. The van der Waals surface area contributed by atoms with Crippen LogP contribution in [0.25, 0.3) is 0 Å². The first kappa shape index (κ1) is 16.3. The van der Waals surface area contributed by atoms with Crippen molar-refractivity contribution in [3.63, 3.8) is 0 Å². The fourth-order valence-electron chi connectivity index (χ4n) is 4.17. The Morgan fingerprint density at radius 2 is 1.75 bits per heavy atom. The van der Waals surface area contributed by atoms with Crippen LogP contribution in [0, 0.1) is 5.41 Å². The minimum atomic E-state index is 0.478. The summed E-state index contributed by atoms with van der Waals surface area (Å²) >= 11 is 0. The van der Waals surface area contributed by atoms with E-state index in [1.807, 2.05) is 0 Å². The topological polar surface area (TPSA) is 18.5 Å². The molecule has 2 aliphatic heterocycles. The summed E-state index contributed by atoms with van der Waals surface area (Å²) < 4.78 is 0. The second-order valence-electron chi connectivity index (χ2n) is 7.01. The Labute approximate surface area is 126 Å². The molecule has 2 fully saturated rings. The molecule has 0 aromatic rings. The normalized spacial score (nSPS) is 26.2. The molecule has 0 aromatic carbocycles. The lowest BCUT2D eigenvalue weighted by atomic mass is 9.81. The Hall–Kier alpha value is -0.120. The number of nitrogens with one attached hydrogen (secondary N) is 1. The zero-order valence-corrected chi connectivity index (χ0v) is 14.0. The Bertz CT molecular complexity index is 269. The third kappa shape index (κ3) is 3.96. The van der Waals surface area contributed by atoms with E-state index in [0.29, 0.717) is 5.41 Å². The summed E-state index contributed by atoms with van der Waals surface area (Å²) in [5.41, 5.74) is 0.478. The van der Waals surface area contributed by atoms with Gasteiger partial charge in [-0.05, 0) is 64.2 Å². The number of hydrogen-bond acceptors (Lipinski definition) is 3. The van der Waals surface area contributed by atoms with Gasteiger partial charge in [0, 0.05) is 25.7 Å². The monoisotopic (exact) mass is 281 g/mol. The number of piperidine rings is 1. The standard InChI is InChI=1S/C17H35N3/c1-4-17(5-2,14-18-3)15-19-12-9-16(13-19)20-10-7-6-8-11-20/h16,18H,4-15H2,1-3H3. The SMILES string of the molecule is CCC(CC)(CNC)CN1CCC(N2CCCCC2)C1. The molecule has 0 aromatic heterocycles. The first-order valence-electron chi connectivity index (χ1n) is 8.84. The number of rotatable bonds is 7. The van der Waals surface area contributed by atoms with Gasteiger partial charge in [0.1, 0.15) is 0 Å². The first-order chi connectivity index (χ1) is 9.73. The maximum atomic E-state index is 3.42. The molecule has 2 saturated heterocycles. The average Bonchev–Trinajstić information content (AvgIpc) is 2.96. The quantitative estimate of drug-likeness (QED) is 0.774. The third-order valence-corrected chi connectivity index (χ3v) is 5.77. The van der Waals surface area contributed by atoms with E-state index in [1.165, 1.54) is 71.2 Å². The Balaban J connectivity index is 1.85. The minimum Gasteiger partial charge on any atom is -0.319 e. The molecule has 1 atom stereocenters. The van der Waals surface area contributed by atoms with E-state index in [-0.39, 0.29) is 0 Å². The maximum Gasteiger partial charge on any atom is 0.0235 e. The molecule has 3 heteroatoms. The zero-order chi connectivity index (χ0) is 14.4. The van der Waals surface area contributed by atoms with Crippen molar-refractivity contribution < 1.29 is 0 Å². The van der Waals surface area contributed by atoms with Crippen LogP contribution in [-0.4, -0.2) is 62.2 Å². The van der Waals surface area contributed by atoms with Crippen LogP contribution in [0.15, 0.2) is 0 Å². The van der Waals surface area contributed by atoms with E-state index < -0.39 is 0 Å². The highest BCUT2D eigenvalue weighted by Crippen LogP contribution is 2.29. The van der Waals surface area contributed by atoms with Crippen molar-refractivity contribution in [1.82, 2.24) is 15.1 Å². The number of hydrogen-bond donors (Lipinski definition) is 1. The summed E-state index contributed by atoms with van der Waals surface area (Å²) in [5.74, 6) is 0. The van der Waals surface area contributed by atoms with E-state index >= 15 is 0 Å². The van der Waals surface area contributed by atoms with Gasteiger partial charge < -0.3 is 10.2 Å². The zero-order valence-electron chi connectivity index (χ0n) is 14.0. The van der Waals surface area contributed by atoms with E-state index in [2.05, 4.69) is 36.0 Å². The molecule has 20 heavy (non-hydrogen) atoms. The molecule has 118 valence electrons. The van der Waals surface area contributed by atoms with Crippen LogP contribution < -0.4 is 5.32 Å². The summed E-state index contributed by atoms with van der Waals surface area (Å²) in [6.45, 7) is 12.5. The van der Waals surface area contributed by atoms with Crippen LogP contribution in [0.4, 0.5) is 0 Å². The van der Waals surface area contributed by atoms with Gasteiger partial charge in [0.25, 0.3) is 0 Å². The first-order valence-corrected chi connectivity index (χ1v) is 8.84. The lowest BCUT2D eigenvalue weighted by Gasteiger charge is -2.37. The molecule has 0 radical (unpaired) electrons. The molecular weight excluding hydrogens is 246 g/mol. The molecule has 2 aliphatic rings. The van der Waals surface area contributed by atoms with Crippen molar-refractivity contribution in [2.75, 3.05) is 46.3 Å². The summed E-state index contributed by atoms with van der Waals surface area (Å²) in [4.78, 5) is 5.50. The predicted molar refractivity (Wildman–Crippen MR) is 87.2 cm³/mol. The van der Waals surface area contributed by atoms with Gasteiger partial charge in [-0.1, -0.05) is 20.3 Å². The predicted octanol–water partition coefficient (Wildman–Crippen LogP) is 2.57. The van der Waals surface area contributed by atoms with Gasteiger partial charge in [-0.25, -0.2) is 0 Å². The van der Waals surface area contributed by atoms with E-state index in [9.17, 15) is 0 Å². The molecule has 2 heterocycles. The molecule has 0 spiro atoms. The molecule has 2 rings (SSSR count). The number of nitrogens with zero attached hydrogens (tertiary/aromatic N) is 2. The van der Waals surface area contributed by atoms with E-state index in [4.69, 9.17) is 0 Å².